The minimum Gasteiger partial charge on any atom is -0.491 e. The molecule has 0 aromatic heterocycles. The molecule has 3 heteroatoms. The summed E-state index contributed by atoms with van der Waals surface area (Å²) in [6, 6.07) is 19.3. The van der Waals surface area contributed by atoms with Crippen LogP contribution in [0.3, 0.4) is 0 Å². The molecule has 0 aliphatic carbocycles. The molecule has 0 amide bonds. The second-order valence-electron chi connectivity index (χ2n) is 6.71. The highest BCUT2D eigenvalue weighted by Gasteiger charge is 2.24. The van der Waals surface area contributed by atoms with E-state index in [1.165, 1.54) is 11.1 Å². The molecule has 0 aliphatic heterocycles. The van der Waals surface area contributed by atoms with Gasteiger partial charge in [0.1, 0.15) is 5.75 Å². The second-order valence-corrected chi connectivity index (χ2v) is 6.71. The Morgan fingerprint density at radius 1 is 0.917 bits per heavy atom. The number of hydrogen-bond acceptors (Lipinski definition) is 3. The van der Waals surface area contributed by atoms with Crippen LogP contribution in [0, 0.1) is 0 Å². The van der Waals surface area contributed by atoms with Crippen LogP contribution in [-0.4, -0.2) is 23.6 Å². The zero-order valence-electron chi connectivity index (χ0n) is 15.3. The maximum atomic E-state index is 6.20. The molecular formula is C21H30N2O. The van der Waals surface area contributed by atoms with Crippen molar-refractivity contribution in [1.82, 2.24) is 4.90 Å². The fourth-order valence-corrected chi connectivity index (χ4v) is 3.00. The molecule has 2 aromatic rings. The topological polar surface area (TPSA) is 38.5 Å². The number of ether oxygens (including phenoxy) is 1. The number of hydrogen-bond donors (Lipinski definition) is 1. The zero-order valence-corrected chi connectivity index (χ0v) is 15.3. The van der Waals surface area contributed by atoms with Crippen LogP contribution in [0.15, 0.2) is 54.6 Å². The van der Waals surface area contributed by atoms with Crippen molar-refractivity contribution in [3.8, 4) is 5.75 Å². The van der Waals surface area contributed by atoms with Crippen molar-refractivity contribution in [3.05, 3.63) is 65.7 Å². The summed E-state index contributed by atoms with van der Waals surface area (Å²) in [5.74, 6) is 0.932. The third kappa shape index (κ3) is 4.83. The summed E-state index contributed by atoms with van der Waals surface area (Å²) < 4.78 is 6.03. The summed E-state index contributed by atoms with van der Waals surface area (Å²) in [4.78, 5) is 2.44. The van der Waals surface area contributed by atoms with Gasteiger partial charge in [-0.3, -0.25) is 4.90 Å². The molecule has 130 valence electrons. The average molecular weight is 326 g/mol. The third-order valence-corrected chi connectivity index (χ3v) is 4.14. The minimum atomic E-state index is 0.125. The first-order valence-electron chi connectivity index (χ1n) is 8.78. The molecule has 3 nitrogen and oxygen atoms in total. The third-order valence-electron chi connectivity index (χ3n) is 4.14. The van der Waals surface area contributed by atoms with Crippen LogP contribution in [0.2, 0.25) is 0 Å². The predicted molar refractivity (Wildman–Crippen MR) is 101 cm³/mol. The van der Waals surface area contributed by atoms with Crippen LogP contribution in [0.25, 0.3) is 0 Å². The van der Waals surface area contributed by atoms with Crippen molar-refractivity contribution in [2.75, 3.05) is 6.54 Å². The Hall–Kier alpha value is -1.84. The van der Waals surface area contributed by atoms with Crippen LogP contribution in [0.1, 0.15) is 44.9 Å². The van der Waals surface area contributed by atoms with Crippen LogP contribution in [0.5, 0.6) is 5.75 Å². The first-order valence-corrected chi connectivity index (χ1v) is 8.78. The number of rotatable bonds is 8. The summed E-state index contributed by atoms with van der Waals surface area (Å²) in [6.45, 7) is 9.98. The first kappa shape index (κ1) is 18.5. The van der Waals surface area contributed by atoms with Gasteiger partial charge in [0.05, 0.1) is 12.1 Å². The minimum absolute atomic E-state index is 0.125. The predicted octanol–water partition coefficient (Wildman–Crippen LogP) is 4.38. The molecule has 1 atom stereocenters. The lowest BCUT2D eigenvalue weighted by molar-refractivity contribution is 0.142. The lowest BCUT2D eigenvalue weighted by atomic mass is 10.0. The first-order chi connectivity index (χ1) is 11.5. The highest BCUT2D eigenvalue weighted by atomic mass is 16.5. The van der Waals surface area contributed by atoms with Gasteiger partial charge in [-0.25, -0.2) is 0 Å². The smallest absolute Gasteiger partial charge is 0.124 e. The molecule has 0 saturated heterocycles. The monoisotopic (exact) mass is 326 g/mol. The van der Waals surface area contributed by atoms with Crippen molar-refractivity contribution in [2.45, 2.75) is 52.4 Å². The Balaban J connectivity index is 2.33. The highest BCUT2D eigenvalue weighted by molar-refractivity contribution is 5.36. The Morgan fingerprint density at radius 3 is 2.12 bits per heavy atom. The second kappa shape index (κ2) is 8.86. The van der Waals surface area contributed by atoms with Crippen molar-refractivity contribution in [1.29, 1.82) is 0 Å². The van der Waals surface area contributed by atoms with Crippen molar-refractivity contribution >= 4 is 0 Å². The summed E-state index contributed by atoms with van der Waals surface area (Å²) in [7, 11) is 0. The molecule has 0 aliphatic rings. The molecule has 0 fully saturated rings. The fourth-order valence-electron chi connectivity index (χ4n) is 3.00. The molecule has 0 heterocycles. The maximum absolute atomic E-state index is 6.20. The van der Waals surface area contributed by atoms with Gasteiger partial charge in [-0.05, 0) is 39.3 Å². The van der Waals surface area contributed by atoms with Crippen LogP contribution < -0.4 is 10.5 Å². The van der Waals surface area contributed by atoms with Gasteiger partial charge in [-0.15, -0.1) is 0 Å². The van der Waals surface area contributed by atoms with Crippen LogP contribution in [-0.2, 0) is 6.54 Å². The number of nitrogens with two attached hydrogens (primary N) is 1. The molecule has 0 bridgehead atoms. The van der Waals surface area contributed by atoms with Crippen molar-refractivity contribution < 1.29 is 4.74 Å². The van der Waals surface area contributed by atoms with Crippen LogP contribution >= 0.6 is 0 Å². The van der Waals surface area contributed by atoms with Crippen molar-refractivity contribution in [3.63, 3.8) is 0 Å². The van der Waals surface area contributed by atoms with E-state index in [1.54, 1.807) is 0 Å². The maximum Gasteiger partial charge on any atom is 0.124 e. The van der Waals surface area contributed by atoms with Gasteiger partial charge in [0, 0.05) is 24.7 Å². The van der Waals surface area contributed by atoms with E-state index in [1.807, 2.05) is 12.1 Å². The molecule has 0 spiro atoms. The van der Waals surface area contributed by atoms with E-state index in [9.17, 15) is 0 Å². The van der Waals surface area contributed by atoms with Gasteiger partial charge in [0.2, 0.25) is 0 Å². The quantitative estimate of drug-likeness (QED) is 0.782. The molecule has 0 radical (unpaired) electrons. The van der Waals surface area contributed by atoms with Gasteiger partial charge in [-0.1, -0.05) is 48.5 Å². The van der Waals surface area contributed by atoms with Gasteiger partial charge >= 0.3 is 0 Å². The molecule has 24 heavy (non-hydrogen) atoms. The Labute approximate surface area is 146 Å². The van der Waals surface area contributed by atoms with E-state index in [0.29, 0.717) is 12.6 Å². The Bertz CT molecular complexity index is 610. The Kier molecular flexibility index (Phi) is 6.83. The summed E-state index contributed by atoms with van der Waals surface area (Å²) in [5, 5.41) is 0. The van der Waals surface area contributed by atoms with Gasteiger partial charge in [0.15, 0.2) is 0 Å². The lowest BCUT2D eigenvalue weighted by Gasteiger charge is -2.35. The lowest BCUT2D eigenvalue weighted by Crippen LogP contribution is -2.38. The van der Waals surface area contributed by atoms with Crippen molar-refractivity contribution in [2.24, 2.45) is 5.73 Å². The van der Waals surface area contributed by atoms with E-state index in [4.69, 9.17) is 10.5 Å². The van der Waals surface area contributed by atoms with E-state index >= 15 is 0 Å². The SMILES string of the molecule is CC(C)Oc1ccccc1C(CN)N(Cc1ccccc1)C(C)C. The van der Waals surface area contributed by atoms with Gasteiger partial charge in [0.25, 0.3) is 0 Å². The van der Waals surface area contributed by atoms with E-state index in [0.717, 1.165) is 12.3 Å². The molecule has 1 unspecified atom stereocenters. The van der Waals surface area contributed by atoms with Gasteiger partial charge in [-0.2, -0.15) is 0 Å². The fraction of sp³-hybridized carbons (Fsp3) is 0.429. The summed E-state index contributed by atoms with van der Waals surface area (Å²) in [5.41, 5.74) is 8.66. The number of nitrogens with zero attached hydrogens (tertiary/aromatic N) is 1. The van der Waals surface area contributed by atoms with E-state index in [-0.39, 0.29) is 12.1 Å². The van der Waals surface area contributed by atoms with E-state index in [2.05, 4.69) is 75.1 Å². The molecule has 2 N–H and O–H groups in total. The number of para-hydroxylation sites is 1. The zero-order chi connectivity index (χ0) is 17.5. The highest BCUT2D eigenvalue weighted by Crippen LogP contribution is 2.31. The van der Waals surface area contributed by atoms with E-state index < -0.39 is 0 Å². The number of benzene rings is 2. The molecular weight excluding hydrogens is 296 g/mol. The molecule has 2 aromatic carbocycles. The average Bonchev–Trinajstić information content (AvgIpc) is 2.56. The molecule has 2 rings (SSSR count). The van der Waals surface area contributed by atoms with Gasteiger partial charge < -0.3 is 10.5 Å². The largest absolute Gasteiger partial charge is 0.491 e. The molecule has 0 saturated carbocycles. The summed E-state index contributed by atoms with van der Waals surface area (Å²) in [6.07, 6.45) is 0.145. The van der Waals surface area contributed by atoms with Crippen LogP contribution in [0.4, 0.5) is 0 Å². The standard InChI is InChI=1S/C21H30N2O/c1-16(2)23(15-18-10-6-5-7-11-18)20(14-22)19-12-8-9-13-21(19)24-17(3)4/h5-13,16-17,20H,14-15,22H2,1-4H3. The summed E-state index contributed by atoms with van der Waals surface area (Å²) >= 11 is 0. The Morgan fingerprint density at radius 2 is 1.54 bits per heavy atom. The normalized spacial score (nSPS) is 12.8.